The van der Waals surface area contributed by atoms with Crippen LogP contribution in [-0.2, 0) is 19.4 Å². The van der Waals surface area contributed by atoms with E-state index in [1.807, 2.05) is 0 Å². The lowest BCUT2D eigenvalue weighted by atomic mass is 10.0. The van der Waals surface area contributed by atoms with Gasteiger partial charge in [-0.25, -0.2) is 4.98 Å². The molecule has 2 aliphatic rings. The highest BCUT2D eigenvalue weighted by atomic mass is 15.1. The van der Waals surface area contributed by atoms with E-state index < -0.39 is 0 Å². The van der Waals surface area contributed by atoms with Gasteiger partial charge in [-0.05, 0) is 51.9 Å². The van der Waals surface area contributed by atoms with E-state index in [0.29, 0.717) is 6.04 Å². The molecule has 1 aromatic rings. The molecule has 0 saturated heterocycles. The molecule has 1 saturated carbocycles. The molecule has 3 rings (SSSR count). The van der Waals surface area contributed by atoms with Crippen LogP contribution in [0, 0.1) is 18.3 Å². The molecule has 19 heavy (non-hydrogen) atoms. The predicted octanol–water partition coefficient (Wildman–Crippen LogP) is 2.10. The summed E-state index contributed by atoms with van der Waals surface area (Å²) in [6, 6.07) is 2.98. The Hall–Kier alpha value is -1.34. The second-order valence-corrected chi connectivity index (χ2v) is 5.82. The summed E-state index contributed by atoms with van der Waals surface area (Å²) < 4.78 is 2.34. The van der Waals surface area contributed by atoms with Gasteiger partial charge in [0.15, 0.2) is 0 Å². The fourth-order valence-corrected chi connectivity index (χ4v) is 3.01. The summed E-state index contributed by atoms with van der Waals surface area (Å²) in [7, 11) is 0. The van der Waals surface area contributed by atoms with Gasteiger partial charge in [-0.15, -0.1) is 0 Å². The van der Waals surface area contributed by atoms with Crippen molar-refractivity contribution in [2.75, 3.05) is 0 Å². The Morgan fingerprint density at radius 3 is 2.95 bits per heavy atom. The number of imidazole rings is 1. The summed E-state index contributed by atoms with van der Waals surface area (Å²) in [5.41, 5.74) is 2.72. The maximum absolute atomic E-state index is 9.20. The molecule has 1 N–H and O–H groups in total. The molecule has 0 aliphatic heterocycles. The Kier molecular flexibility index (Phi) is 3.56. The second-order valence-electron chi connectivity index (χ2n) is 5.82. The maximum atomic E-state index is 9.20. The van der Waals surface area contributed by atoms with E-state index in [0.717, 1.165) is 31.6 Å². The van der Waals surface area contributed by atoms with Gasteiger partial charge in [0.2, 0.25) is 0 Å². The van der Waals surface area contributed by atoms with E-state index in [9.17, 15) is 5.26 Å². The van der Waals surface area contributed by atoms with Gasteiger partial charge in [0.1, 0.15) is 5.82 Å². The van der Waals surface area contributed by atoms with E-state index >= 15 is 0 Å². The zero-order valence-electron chi connectivity index (χ0n) is 11.7. The van der Waals surface area contributed by atoms with Crippen LogP contribution in [0.5, 0.6) is 0 Å². The summed E-state index contributed by atoms with van der Waals surface area (Å²) in [5, 5.41) is 12.6. The number of nitrogens with one attached hydrogen (secondary N) is 1. The van der Waals surface area contributed by atoms with E-state index in [4.69, 9.17) is 0 Å². The van der Waals surface area contributed by atoms with Crippen LogP contribution in [0.25, 0.3) is 0 Å². The third-order valence-electron chi connectivity index (χ3n) is 4.23. The van der Waals surface area contributed by atoms with Gasteiger partial charge in [-0.1, -0.05) is 0 Å². The number of nitriles is 1. The van der Waals surface area contributed by atoms with Crippen molar-refractivity contribution in [1.82, 2.24) is 14.9 Å². The summed E-state index contributed by atoms with van der Waals surface area (Å²) in [5.74, 6) is 1.12. The summed E-state index contributed by atoms with van der Waals surface area (Å²) in [4.78, 5) is 4.69. The molecular formula is C15H22N4. The minimum atomic E-state index is -0.00598. The predicted molar refractivity (Wildman–Crippen MR) is 73.8 cm³/mol. The highest BCUT2D eigenvalue weighted by Crippen LogP contribution is 2.23. The molecule has 2 aliphatic carbocycles. The second kappa shape index (κ2) is 5.34. The first-order chi connectivity index (χ1) is 9.28. The zero-order valence-corrected chi connectivity index (χ0v) is 11.7. The molecule has 1 atom stereocenters. The van der Waals surface area contributed by atoms with Gasteiger partial charge in [0.25, 0.3) is 0 Å². The average molecular weight is 258 g/mol. The molecule has 1 unspecified atom stereocenters. The van der Waals surface area contributed by atoms with Crippen LogP contribution < -0.4 is 5.32 Å². The molecule has 1 heterocycles. The number of aromatic nitrogens is 2. The van der Waals surface area contributed by atoms with Gasteiger partial charge in [-0.2, -0.15) is 5.26 Å². The van der Waals surface area contributed by atoms with Crippen LogP contribution in [0.4, 0.5) is 0 Å². The van der Waals surface area contributed by atoms with Gasteiger partial charge >= 0.3 is 0 Å². The number of nitrogens with zero attached hydrogens (tertiary/aromatic N) is 3. The van der Waals surface area contributed by atoms with E-state index in [1.165, 1.54) is 37.1 Å². The number of hydrogen-bond donors (Lipinski definition) is 1. The summed E-state index contributed by atoms with van der Waals surface area (Å²) >= 11 is 0. The standard InChI is InChI=1S/C15H22N4/c1-11-17-14-4-2-3-5-15(14)19(11)9-8-13(10-16)18-12-6-7-12/h12-13,18H,2-9H2,1H3. The zero-order chi connectivity index (χ0) is 13.2. The molecule has 0 radical (unpaired) electrons. The van der Waals surface area contributed by atoms with Crippen LogP contribution in [0.15, 0.2) is 0 Å². The normalized spacial score (nSPS) is 19.8. The van der Waals surface area contributed by atoms with Crippen molar-refractivity contribution >= 4 is 0 Å². The molecule has 102 valence electrons. The number of aryl methyl sites for hydroxylation is 2. The Morgan fingerprint density at radius 2 is 2.21 bits per heavy atom. The third-order valence-corrected chi connectivity index (χ3v) is 4.23. The number of rotatable bonds is 5. The van der Waals surface area contributed by atoms with Gasteiger partial charge < -0.3 is 4.57 Å². The summed E-state index contributed by atoms with van der Waals surface area (Å²) in [6.07, 6.45) is 8.19. The first-order valence-electron chi connectivity index (χ1n) is 7.48. The van der Waals surface area contributed by atoms with E-state index in [1.54, 1.807) is 0 Å². The van der Waals surface area contributed by atoms with Crippen molar-refractivity contribution in [2.45, 2.75) is 70.5 Å². The minimum Gasteiger partial charge on any atom is -0.332 e. The smallest absolute Gasteiger partial charge is 0.106 e. The Morgan fingerprint density at radius 1 is 1.42 bits per heavy atom. The molecule has 0 amide bonds. The lowest BCUT2D eigenvalue weighted by Gasteiger charge is -2.16. The quantitative estimate of drug-likeness (QED) is 0.880. The van der Waals surface area contributed by atoms with Crippen molar-refractivity contribution in [2.24, 2.45) is 0 Å². The Labute approximate surface area is 114 Å². The lowest BCUT2D eigenvalue weighted by molar-refractivity contribution is 0.496. The van der Waals surface area contributed by atoms with Crippen molar-refractivity contribution in [1.29, 1.82) is 5.26 Å². The highest BCUT2D eigenvalue weighted by molar-refractivity contribution is 5.20. The first-order valence-corrected chi connectivity index (χ1v) is 7.48. The van der Waals surface area contributed by atoms with Crippen molar-refractivity contribution < 1.29 is 0 Å². The molecule has 0 spiro atoms. The Balaban J connectivity index is 1.65. The van der Waals surface area contributed by atoms with Crippen LogP contribution >= 0.6 is 0 Å². The fourth-order valence-electron chi connectivity index (χ4n) is 3.01. The van der Waals surface area contributed by atoms with Gasteiger partial charge in [0, 0.05) is 18.3 Å². The topological polar surface area (TPSA) is 53.6 Å². The minimum absolute atomic E-state index is 0.00598. The molecule has 1 aromatic heterocycles. The molecule has 1 fully saturated rings. The Bertz CT molecular complexity index is 493. The third kappa shape index (κ3) is 2.82. The van der Waals surface area contributed by atoms with Gasteiger partial charge in [-0.3, -0.25) is 5.32 Å². The fraction of sp³-hybridized carbons (Fsp3) is 0.733. The maximum Gasteiger partial charge on any atom is 0.106 e. The lowest BCUT2D eigenvalue weighted by Crippen LogP contribution is -2.31. The van der Waals surface area contributed by atoms with E-state index in [-0.39, 0.29) is 6.04 Å². The molecule has 4 nitrogen and oxygen atoms in total. The molecule has 0 aromatic carbocycles. The van der Waals surface area contributed by atoms with E-state index in [2.05, 4.69) is 27.9 Å². The van der Waals surface area contributed by atoms with Crippen LogP contribution in [0.2, 0.25) is 0 Å². The van der Waals surface area contributed by atoms with Crippen molar-refractivity contribution in [3.8, 4) is 6.07 Å². The van der Waals surface area contributed by atoms with Crippen molar-refractivity contribution in [3.63, 3.8) is 0 Å². The van der Waals surface area contributed by atoms with Crippen LogP contribution in [0.3, 0.4) is 0 Å². The number of fused-ring (bicyclic) bond motifs is 1. The molecule has 4 heteroatoms. The summed E-state index contributed by atoms with van der Waals surface area (Å²) in [6.45, 7) is 3.01. The van der Waals surface area contributed by atoms with Crippen LogP contribution in [-0.4, -0.2) is 21.6 Å². The van der Waals surface area contributed by atoms with Crippen LogP contribution in [0.1, 0.15) is 49.3 Å². The average Bonchev–Trinajstić information content (AvgIpc) is 3.17. The van der Waals surface area contributed by atoms with Gasteiger partial charge in [0.05, 0.1) is 17.8 Å². The highest BCUT2D eigenvalue weighted by Gasteiger charge is 2.25. The first kappa shape index (κ1) is 12.7. The molecule has 0 bridgehead atoms. The monoisotopic (exact) mass is 258 g/mol. The largest absolute Gasteiger partial charge is 0.332 e. The van der Waals surface area contributed by atoms with Crippen molar-refractivity contribution in [3.05, 3.63) is 17.2 Å². The SMILES string of the molecule is Cc1nc2c(n1CCC(C#N)NC1CC1)CCCC2. The number of hydrogen-bond acceptors (Lipinski definition) is 3. The molecular weight excluding hydrogens is 236 g/mol.